The van der Waals surface area contributed by atoms with Gasteiger partial charge < -0.3 is 15.0 Å². The Labute approximate surface area is 176 Å². The quantitative estimate of drug-likeness (QED) is 0.515. The Morgan fingerprint density at radius 1 is 1.28 bits per heavy atom. The third-order valence-electron chi connectivity index (χ3n) is 4.96. The fraction of sp³-hybridized carbons (Fsp3) is 0.455. The Hall–Kier alpha value is -2.22. The van der Waals surface area contributed by atoms with Gasteiger partial charge >= 0.3 is 0 Å². The van der Waals surface area contributed by atoms with Crippen LogP contribution in [0.5, 0.6) is 0 Å². The summed E-state index contributed by atoms with van der Waals surface area (Å²) >= 11 is 1.38. The molecule has 0 radical (unpaired) electrons. The van der Waals surface area contributed by atoms with Crippen molar-refractivity contribution in [2.45, 2.75) is 59.4 Å². The summed E-state index contributed by atoms with van der Waals surface area (Å²) in [7, 11) is 0. The third kappa shape index (κ3) is 5.44. The largest absolute Gasteiger partial charge is 0.389 e. The van der Waals surface area contributed by atoms with Gasteiger partial charge in [-0.2, -0.15) is 0 Å². The molecule has 3 rings (SSSR count). The maximum atomic E-state index is 12.6. The number of carbonyl (C=O) groups is 1. The van der Waals surface area contributed by atoms with E-state index in [1.807, 2.05) is 28.1 Å². The van der Waals surface area contributed by atoms with Crippen molar-refractivity contribution in [2.24, 2.45) is 5.92 Å². The molecule has 0 spiro atoms. The lowest BCUT2D eigenvalue weighted by atomic mass is 10.1. The first-order valence-corrected chi connectivity index (χ1v) is 10.8. The number of hydrogen-bond donors (Lipinski definition) is 3. The highest BCUT2D eigenvalue weighted by Gasteiger charge is 2.21. The molecule has 2 aromatic heterocycles. The molecule has 2 heterocycles. The maximum Gasteiger partial charge on any atom is 0.268 e. The van der Waals surface area contributed by atoms with Crippen molar-refractivity contribution in [3.05, 3.63) is 46.2 Å². The van der Waals surface area contributed by atoms with E-state index in [1.165, 1.54) is 11.3 Å². The number of rotatable bonds is 8. The summed E-state index contributed by atoms with van der Waals surface area (Å²) in [5.74, 6) is 0.810. The average molecular weight is 415 g/mol. The molecule has 1 aromatic carbocycles. The number of aromatic nitrogens is 2. The van der Waals surface area contributed by atoms with E-state index in [9.17, 15) is 9.90 Å². The zero-order chi connectivity index (χ0) is 21.2. The van der Waals surface area contributed by atoms with E-state index < -0.39 is 5.60 Å². The molecule has 1 atom stereocenters. The fourth-order valence-corrected chi connectivity index (χ4v) is 3.63. The summed E-state index contributed by atoms with van der Waals surface area (Å²) < 4.78 is 1.87. The van der Waals surface area contributed by atoms with Crippen LogP contribution in [0.4, 0.5) is 5.95 Å². The smallest absolute Gasteiger partial charge is 0.268 e. The van der Waals surface area contributed by atoms with Gasteiger partial charge in [-0.3, -0.25) is 10.1 Å². The summed E-state index contributed by atoms with van der Waals surface area (Å²) in [5, 5.41) is 18.7. The third-order valence-corrected chi connectivity index (χ3v) is 5.82. The number of thiophene rings is 1. The Kier molecular flexibility index (Phi) is 6.41. The van der Waals surface area contributed by atoms with Crippen molar-refractivity contribution >= 4 is 34.2 Å². The monoisotopic (exact) mass is 414 g/mol. The predicted octanol–water partition coefficient (Wildman–Crippen LogP) is 4.26. The number of benzene rings is 1. The average Bonchev–Trinajstić information content (AvgIpc) is 3.27. The van der Waals surface area contributed by atoms with E-state index in [2.05, 4.69) is 42.5 Å². The summed E-state index contributed by atoms with van der Waals surface area (Å²) in [6.07, 6.45) is 0. The van der Waals surface area contributed by atoms with Crippen LogP contribution in [0.15, 0.2) is 35.7 Å². The molecule has 1 amide bonds. The van der Waals surface area contributed by atoms with Crippen LogP contribution < -0.4 is 10.6 Å². The number of amides is 1. The lowest BCUT2D eigenvalue weighted by molar-refractivity contribution is 0.0630. The summed E-state index contributed by atoms with van der Waals surface area (Å²) in [6, 6.07) is 10.2. The number of anilines is 1. The van der Waals surface area contributed by atoms with Gasteiger partial charge in [0.25, 0.3) is 5.91 Å². The Balaban J connectivity index is 1.91. The van der Waals surface area contributed by atoms with Crippen molar-refractivity contribution in [1.29, 1.82) is 0 Å². The number of aliphatic hydroxyl groups is 1. The molecular formula is C22H30N4O2S. The highest BCUT2D eigenvalue weighted by molar-refractivity contribution is 7.12. The van der Waals surface area contributed by atoms with Gasteiger partial charge in [-0.15, -0.1) is 11.3 Å². The van der Waals surface area contributed by atoms with E-state index in [4.69, 9.17) is 0 Å². The van der Waals surface area contributed by atoms with Crippen LogP contribution in [0.25, 0.3) is 11.0 Å². The topological polar surface area (TPSA) is 79.2 Å². The van der Waals surface area contributed by atoms with Crippen LogP contribution >= 0.6 is 11.3 Å². The minimum atomic E-state index is -0.942. The van der Waals surface area contributed by atoms with E-state index in [0.717, 1.165) is 23.1 Å². The fourth-order valence-electron chi connectivity index (χ4n) is 3.01. The van der Waals surface area contributed by atoms with Crippen molar-refractivity contribution in [3.8, 4) is 0 Å². The Morgan fingerprint density at radius 2 is 2.03 bits per heavy atom. The number of hydrogen-bond acceptors (Lipinski definition) is 5. The van der Waals surface area contributed by atoms with E-state index in [-0.39, 0.29) is 5.91 Å². The number of fused-ring (bicyclic) bond motifs is 1. The first kappa shape index (κ1) is 21.5. The van der Waals surface area contributed by atoms with Gasteiger partial charge in [-0.05, 0) is 55.8 Å². The molecule has 0 fully saturated rings. The molecule has 1 unspecified atom stereocenters. The number of nitrogens with one attached hydrogen (secondary N) is 2. The van der Waals surface area contributed by atoms with Crippen LogP contribution in [0.1, 0.15) is 49.9 Å². The van der Waals surface area contributed by atoms with Crippen molar-refractivity contribution in [1.82, 2.24) is 14.9 Å². The first-order chi connectivity index (χ1) is 13.6. The molecular weight excluding hydrogens is 384 g/mol. The normalized spacial score (nSPS) is 13.2. The maximum absolute atomic E-state index is 12.6. The van der Waals surface area contributed by atoms with Crippen LogP contribution in [-0.4, -0.2) is 32.2 Å². The molecule has 3 N–H and O–H groups in total. The predicted molar refractivity (Wildman–Crippen MR) is 119 cm³/mol. The molecule has 156 valence electrons. The molecule has 0 bridgehead atoms. The molecule has 29 heavy (non-hydrogen) atoms. The second-order valence-electron chi connectivity index (χ2n) is 8.50. The van der Waals surface area contributed by atoms with Crippen molar-refractivity contribution in [2.75, 3.05) is 5.32 Å². The molecule has 7 heteroatoms. The van der Waals surface area contributed by atoms with Crippen LogP contribution in [0.3, 0.4) is 0 Å². The molecule has 0 saturated carbocycles. The van der Waals surface area contributed by atoms with E-state index >= 15 is 0 Å². The van der Waals surface area contributed by atoms with E-state index in [0.29, 0.717) is 29.3 Å². The van der Waals surface area contributed by atoms with Gasteiger partial charge in [0.05, 0.1) is 28.1 Å². The second kappa shape index (κ2) is 8.65. The summed E-state index contributed by atoms with van der Waals surface area (Å²) in [6.45, 7) is 11.1. The highest BCUT2D eigenvalue weighted by atomic mass is 32.1. The number of nitrogens with zero attached hydrogens (tertiary/aromatic N) is 2. The van der Waals surface area contributed by atoms with Crippen molar-refractivity contribution < 1.29 is 9.90 Å². The standard InChI is InChI=1S/C22H30N4O2S/c1-14(2)15(3)23-12-16-8-9-18-17(11-16)24-21(26(18)13-22(4,5)28)25-20(27)19-7-6-10-29-19/h6-11,14-15,23,28H,12-13H2,1-5H3,(H,24,25,27). The van der Waals surface area contributed by atoms with Gasteiger partial charge in [0.1, 0.15) is 0 Å². The highest BCUT2D eigenvalue weighted by Crippen LogP contribution is 2.24. The Bertz CT molecular complexity index is 971. The summed E-state index contributed by atoms with van der Waals surface area (Å²) in [4.78, 5) is 17.8. The van der Waals surface area contributed by atoms with Gasteiger partial charge in [0.15, 0.2) is 0 Å². The second-order valence-corrected chi connectivity index (χ2v) is 9.45. The zero-order valence-corrected chi connectivity index (χ0v) is 18.5. The van der Waals surface area contributed by atoms with Gasteiger partial charge in [0, 0.05) is 12.6 Å². The SMILES string of the molecule is CC(C)C(C)NCc1ccc2c(c1)nc(NC(=O)c1cccs1)n2CC(C)(C)O. The van der Waals surface area contributed by atoms with E-state index in [1.54, 1.807) is 19.9 Å². The molecule has 0 saturated heterocycles. The zero-order valence-electron chi connectivity index (χ0n) is 17.7. The van der Waals surface area contributed by atoms with Gasteiger partial charge in [-0.25, -0.2) is 4.98 Å². The minimum absolute atomic E-state index is 0.194. The van der Waals surface area contributed by atoms with Crippen LogP contribution in [0.2, 0.25) is 0 Å². The molecule has 0 aliphatic heterocycles. The molecule has 6 nitrogen and oxygen atoms in total. The molecule has 0 aliphatic rings. The number of imidazole rings is 1. The Morgan fingerprint density at radius 3 is 2.66 bits per heavy atom. The molecule has 0 aliphatic carbocycles. The number of carbonyl (C=O) groups excluding carboxylic acids is 1. The lowest BCUT2D eigenvalue weighted by Crippen LogP contribution is -2.30. The van der Waals surface area contributed by atoms with Crippen LogP contribution in [-0.2, 0) is 13.1 Å². The van der Waals surface area contributed by atoms with Crippen LogP contribution in [0, 0.1) is 5.92 Å². The molecule has 3 aromatic rings. The summed E-state index contributed by atoms with van der Waals surface area (Å²) in [5.41, 5.74) is 1.87. The van der Waals surface area contributed by atoms with Gasteiger partial charge in [-0.1, -0.05) is 26.0 Å². The van der Waals surface area contributed by atoms with Gasteiger partial charge in [0.2, 0.25) is 5.95 Å². The first-order valence-electron chi connectivity index (χ1n) is 9.94. The minimum Gasteiger partial charge on any atom is -0.389 e. The van der Waals surface area contributed by atoms with Crippen molar-refractivity contribution in [3.63, 3.8) is 0 Å². The lowest BCUT2D eigenvalue weighted by Gasteiger charge is -2.20.